The third kappa shape index (κ3) is 2.20. The number of carbonyl (C=O) groups excluding carboxylic acids is 1. The molecule has 2 N–H and O–H groups in total. The van der Waals surface area contributed by atoms with Crippen molar-refractivity contribution in [1.82, 2.24) is 15.6 Å². The highest BCUT2D eigenvalue weighted by molar-refractivity contribution is 7.09. The van der Waals surface area contributed by atoms with Gasteiger partial charge in [-0.3, -0.25) is 0 Å². The summed E-state index contributed by atoms with van der Waals surface area (Å²) in [5.41, 5.74) is 2.82. The summed E-state index contributed by atoms with van der Waals surface area (Å²) in [7, 11) is 0. The Morgan fingerprint density at radius 3 is 3.10 bits per heavy atom. The first kappa shape index (κ1) is 13.8. The molecule has 110 valence electrons. The molecule has 6 heteroatoms. The van der Waals surface area contributed by atoms with Gasteiger partial charge in [-0.15, -0.1) is 11.3 Å². The molecule has 1 aliphatic carbocycles. The van der Waals surface area contributed by atoms with Crippen LogP contribution in [0.4, 0.5) is 4.79 Å². The van der Waals surface area contributed by atoms with E-state index in [1.54, 1.807) is 16.8 Å². The van der Waals surface area contributed by atoms with Gasteiger partial charge in [0.25, 0.3) is 0 Å². The van der Waals surface area contributed by atoms with Crippen LogP contribution in [0.25, 0.3) is 0 Å². The van der Waals surface area contributed by atoms with Crippen LogP contribution >= 0.6 is 11.3 Å². The van der Waals surface area contributed by atoms with Gasteiger partial charge < -0.3 is 15.4 Å². The highest BCUT2D eigenvalue weighted by atomic mass is 32.1. The van der Waals surface area contributed by atoms with Gasteiger partial charge >= 0.3 is 6.03 Å². The van der Waals surface area contributed by atoms with Crippen LogP contribution in [-0.2, 0) is 11.3 Å². The molecule has 1 aliphatic heterocycles. The predicted molar refractivity (Wildman–Crippen MR) is 77.6 cm³/mol. The number of hydrogen-bond acceptors (Lipinski definition) is 4. The molecule has 1 saturated carbocycles. The molecule has 1 aromatic heterocycles. The van der Waals surface area contributed by atoms with Crippen molar-refractivity contribution < 1.29 is 9.53 Å². The van der Waals surface area contributed by atoms with Crippen molar-refractivity contribution in [2.75, 3.05) is 6.61 Å². The van der Waals surface area contributed by atoms with E-state index in [0.29, 0.717) is 18.6 Å². The zero-order valence-corrected chi connectivity index (χ0v) is 12.9. The van der Waals surface area contributed by atoms with Crippen molar-refractivity contribution in [3.05, 3.63) is 16.1 Å². The van der Waals surface area contributed by atoms with Gasteiger partial charge in [-0.1, -0.05) is 13.8 Å². The van der Waals surface area contributed by atoms with Crippen LogP contribution in [0.2, 0.25) is 0 Å². The van der Waals surface area contributed by atoms with Crippen LogP contribution in [0.1, 0.15) is 30.8 Å². The Morgan fingerprint density at radius 2 is 2.40 bits per heavy atom. The molecule has 0 bridgehead atoms. The van der Waals surface area contributed by atoms with Gasteiger partial charge in [-0.05, 0) is 13.3 Å². The molecule has 1 saturated heterocycles. The van der Waals surface area contributed by atoms with Crippen molar-refractivity contribution in [3.63, 3.8) is 0 Å². The second kappa shape index (κ2) is 5.00. The summed E-state index contributed by atoms with van der Waals surface area (Å²) in [5, 5.41) is 6.04. The van der Waals surface area contributed by atoms with Crippen molar-refractivity contribution >= 4 is 17.4 Å². The summed E-state index contributed by atoms with van der Waals surface area (Å²) < 4.78 is 5.74. The first-order valence-corrected chi connectivity index (χ1v) is 7.93. The first-order valence-electron chi connectivity index (χ1n) is 7.05. The molecule has 3 atom stereocenters. The van der Waals surface area contributed by atoms with E-state index in [1.807, 2.05) is 6.92 Å². The highest BCUT2D eigenvalue weighted by Crippen LogP contribution is 2.52. The molecule has 5 nitrogen and oxygen atoms in total. The second-order valence-corrected chi connectivity index (χ2v) is 7.17. The molecule has 0 unspecified atom stereocenters. The molecular formula is C14H21N3O2S. The zero-order chi connectivity index (χ0) is 14.3. The fourth-order valence-corrected chi connectivity index (χ4v) is 4.18. The van der Waals surface area contributed by atoms with Crippen molar-refractivity contribution in [3.8, 4) is 0 Å². The van der Waals surface area contributed by atoms with Gasteiger partial charge in [0.05, 0.1) is 23.9 Å². The van der Waals surface area contributed by atoms with E-state index in [-0.39, 0.29) is 17.5 Å². The fourth-order valence-electron chi connectivity index (χ4n) is 3.47. The molecule has 20 heavy (non-hydrogen) atoms. The number of aryl methyl sites for hydroxylation is 1. The van der Waals surface area contributed by atoms with Crippen molar-refractivity contribution in [2.45, 2.75) is 45.9 Å². The van der Waals surface area contributed by atoms with E-state index >= 15 is 0 Å². The van der Waals surface area contributed by atoms with Crippen LogP contribution in [-0.4, -0.2) is 29.8 Å². The van der Waals surface area contributed by atoms with Crippen molar-refractivity contribution in [2.24, 2.45) is 11.3 Å². The van der Waals surface area contributed by atoms with Gasteiger partial charge in [0, 0.05) is 28.9 Å². The predicted octanol–water partition coefficient (Wildman–Crippen LogP) is 2.06. The Balaban J connectivity index is 1.53. The molecule has 0 spiro atoms. The summed E-state index contributed by atoms with van der Waals surface area (Å²) in [5.74, 6) is 0.473. The molecule has 0 radical (unpaired) electrons. The number of amides is 2. The lowest BCUT2D eigenvalue weighted by atomic mass is 9.57. The maximum atomic E-state index is 12.1. The van der Waals surface area contributed by atoms with Crippen LogP contribution in [0, 0.1) is 18.3 Å². The molecule has 2 heterocycles. The van der Waals surface area contributed by atoms with Crippen LogP contribution < -0.4 is 10.6 Å². The molecule has 2 fully saturated rings. The van der Waals surface area contributed by atoms with Crippen molar-refractivity contribution in [1.29, 1.82) is 0 Å². The SMILES string of the molecule is Cc1ncsc1CNC(=O)N[C@@H]1[C@@H]2CCO[C@H]2C1(C)C. The third-order valence-corrected chi connectivity index (χ3v) is 5.58. The Morgan fingerprint density at radius 1 is 1.60 bits per heavy atom. The molecule has 0 aromatic carbocycles. The monoisotopic (exact) mass is 295 g/mol. The minimum atomic E-state index is -0.0961. The third-order valence-electron chi connectivity index (χ3n) is 4.64. The fraction of sp³-hybridized carbons (Fsp3) is 0.714. The first-order chi connectivity index (χ1) is 9.50. The van der Waals surface area contributed by atoms with E-state index in [2.05, 4.69) is 29.5 Å². The maximum absolute atomic E-state index is 12.1. The maximum Gasteiger partial charge on any atom is 0.315 e. The van der Waals surface area contributed by atoms with Gasteiger partial charge in [0.1, 0.15) is 0 Å². The standard InChI is InChI=1S/C14H21N3O2S/c1-8-10(20-7-16-8)6-15-13(18)17-11-9-4-5-19-12(9)14(11,2)3/h7,9,11-12H,4-6H2,1-3H3,(H2,15,17,18)/t9-,11+,12+/m0/s1. The number of ether oxygens (including phenoxy) is 1. The Hall–Kier alpha value is -1.14. The summed E-state index contributed by atoms with van der Waals surface area (Å²) in [4.78, 5) is 17.3. The van der Waals surface area contributed by atoms with Crippen LogP contribution in [0.3, 0.4) is 0 Å². The molecule has 1 aromatic rings. The lowest BCUT2D eigenvalue weighted by molar-refractivity contribution is -0.108. The Labute approximate surface area is 123 Å². The highest BCUT2D eigenvalue weighted by Gasteiger charge is 2.59. The number of nitrogens with zero attached hydrogens (tertiary/aromatic N) is 1. The topological polar surface area (TPSA) is 63.2 Å². The van der Waals surface area contributed by atoms with E-state index < -0.39 is 0 Å². The minimum Gasteiger partial charge on any atom is -0.377 e. The Bertz CT molecular complexity index is 514. The van der Waals surface area contributed by atoms with Gasteiger partial charge in [0.2, 0.25) is 0 Å². The molecule has 2 aliphatic rings. The summed E-state index contributed by atoms with van der Waals surface area (Å²) >= 11 is 1.57. The molecule has 3 rings (SSSR count). The average molecular weight is 295 g/mol. The number of hydrogen-bond donors (Lipinski definition) is 2. The van der Waals surface area contributed by atoms with Crippen LogP contribution in [0.5, 0.6) is 0 Å². The van der Waals surface area contributed by atoms with E-state index in [0.717, 1.165) is 23.6 Å². The number of thiazole rings is 1. The summed E-state index contributed by atoms with van der Waals surface area (Å²) in [6.45, 7) is 7.65. The molecular weight excluding hydrogens is 274 g/mol. The van der Waals surface area contributed by atoms with Gasteiger partial charge in [-0.2, -0.15) is 0 Å². The van der Waals surface area contributed by atoms with E-state index in [1.165, 1.54) is 0 Å². The smallest absolute Gasteiger partial charge is 0.315 e. The van der Waals surface area contributed by atoms with Crippen LogP contribution in [0.15, 0.2) is 5.51 Å². The Kier molecular flexibility index (Phi) is 3.46. The normalized spacial score (nSPS) is 30.4. The number of rotatable bonds is 3. The number of urea groups is 1. The van der Waals surface area contributed by atoms with E-state index in [4.69, 9.17) is 4.74 Å². The number of carbonyl (C=O) groups is 1. The molecule has 2 amide bonds. The number of aromatic nitrogens is 1. The average Bonchev–Trinajstić information content (AvgIpc) is 3.01. The minimum absolute atomic E-state index is 0.0267. The summed E-state index contributed by atoms with van der Waals surface area (Å²) in [6, 6.07) is 0.110. The number of fused-ring (bicyclic) bond motifs is 1. The quantitative estimate of drug-likeness (QED) is 0.897. The summed E-state index contributed by atoms with van der Waals surface area (Å²) in [6.07, 6.45) is 1.35. The zero-order valence-electron chi connectivity index (χ0n) is 12.1. The number of nitrogens with one attached hydrogen (secondary N) is 2. The van der Waals surface area contributed by atoms with E-state index in [9.17, 15) is 4.79 Å². The second-order valence-electron chi connectivity index (χ2n) is 6.23. The lowest BCUT2D eigenvalue weighted by Crippen LogP contribution is -2.67. The lowest BCUT2D eigenvalue weighted by Gasteiger charge is -2.54. The van der Waals surface area contributed by atoms with Gasteiger partial charge in [0.15, 0.2) is 0 Å². The largest absolute Gasteiger partial charge is 0.377 e. The van der Waals surface area contributed by atoms with Gasteiger partial charge in [-0.25, -0.2) is 9.78 Å².